The molecular formula is C9H12ClNO2S. The number of thiol groups is 1. The molecule has 1 rings (SSSR count). The Balaban J connectivity index is 2.91. The van der Waals surface area contributed by atoms with E-state index in [4.69, 9.17) is 11.6 Å². The summed E-state index contributed by atoms with van der Waals surface area (Å²) in [6, 6.07) is 1.70. The molecular weight excluding hydrogens is 222 g/mol. The largest absolute Gasteiger partial charge is 0.389 e. The number of rotatable bonds is 3. The molecule has 3 nitrogen and oxygen atoms in total. The molecule has 78 valence electrons. The minimum atomic E-state index is -0.962. The van der Waals surface area contributed by atoms with Crippen molar-refractivity contribution >= 4 is 24.2 Å². The maximum Gasteiger partial charge on any atom is 0.131 e. The molecule has 1 aromatic heterocycles. The van der Waals surface area contributed by atoms with Gasteiger partial charge in [0, 0.05) is 17.5 Å². The molecule has 5 heteroatoms. The van der Waals surface area contributed by atoms with Crippen molar-refractivity contribution in [2.45, 2.75) is 19.1 Å². The van der Waals surface area contributed by atoms with Crippen LogP contribution in [-0.4, -0.2) is 27.1 Å². The van der Waals surface area contributed by atoms with E-state index in [2.05, 4.69) is 17.6 Å². The predicted octanol–water partition coefficient (Wildman–Crippen LogP) is 1.37. The lowest BCUT2D eigenvalue weighted by molar-refractivity contribution is 0.0335. The first-order chi connectivity index (χ1) is 6.56. The number of nitrogens with zero attached hydrogens (tertiary/aromatic N) is 1. The summed E-state index contributed by atoms with van der Waals surface area (Å²) in [7, 11) is 0. The summed E-state index contributed by atoms with van der Waals surface area (Å²) in [4.78, 5) is 3.89. The van der Waals surface area contributed by atoms with E-state index in [1.165, 1.54) is 6.20 Å². The molecule has 2 atom stereocenters. The Bertz CT molecular complexity index is 322. The highest BCUT2D eigenvalue weighted by molar-refractivity contribution is 7.80. The Morgan fingerprint density at radius 1 is 1.57 bits per heavy atom. The second-order valence-electron chi connectivity index (χ2n) is 3.07. The third-order valence-electron chi connectivity index (χ3n) is 1.93. The first kappa shape index (κ1) is 11.8. The van der Waals surface area contributed by atoms with Crippen LogP contribution in [0.4, 0.5) is 0 Å². The van der Waals surface area contributed by atoms with Crippen LogP contribution < -0.4 is 0 Å². The van der Waals surface area contributed by atoms with Crippen molar-refractivity contribution in [2.75, 3.05) is 5.75 Å². The number of aryl methyl sites for hydroxylation is 1. The standard InChI is InChI=1S/C9H12ClNO2S/c1-5-2-6(3-11-9(5)10)8(13)7(12)4-14/h2-3,7-8,12-14H,4H2,1H3. The lowest BCUT2D eigenvalue weighted by Gasteiger charge is -2.16. The Labute approximate surface area is 93.2 Å². The summed E-state index contributed by atoms with van der Waals surface area (Å²) >= 11 is 9.62. The summed E-state index contributed by atoms with van der Waals surface area (Å²) in [5, 5.41) is 19.4. The van der Waals surface area contributed by atoms with E-state index in [0.717, 1.165) is 5.56 Å². The first-order valence-corrected chi connectivity index (χ1v) is 5.16. The van der Waals surface area contributed by atoms with E-state index in [1.54, 1.807) is 13.0 Å². The van der Waals surface area contributed by atoms with E-state index in [9.17, 15) is 10.2 Å². The van der Waals surface area contributed by atoms with Gasteiger partial charge in [0.2, 0.25) is 0 Å². The molecule has 0 bridgehead atoms. The van der Waals surface area contributed by atoms with Crippen molar-refractivity contribution in [3.8, 4) is 0 Å². The maximum absolute atomic E-state index is 9.62. The monoisotopic (exact) mass is 233 g/mol. The number of aliphatic hydroxyl groups is 2. The number of aromatic nitrogens is 1. The molecule has 0 saturated carbocycles. The highest BCUT2D eigenvalue weighted by Crippen LogP contribution is 2.20. The van der Waals surface area contributed by atoms with E-state index in [0.29, 0.717) is 10.7 Å². The zero-order chi connectivity index (χ0) is 10.7. The van der Waals surface area contributed by atoms with E-state index in [1.807, 2.05) is 0 Å². The number of pyridine rings is 1. The molecule has 0 radical (unpaired) electrons. The molecule has 2 unspecified atom stereocenters. The molecule has 0 aliphatic heterocycles. The minimum absolute atomic E-state index is 0.197. The molecule has 14 heavy (non-hydrogen) atoms. The van der Waals surface area contributed by atoms with Gasteiger partial charge in [0.1, 0.15) is 11.3 Å². The van der Waals surface area contributed by atoms with E-state index < -0.39 is 12.2 Å². The van der Waals surface area contributed by atoms with Gasteiger partial charge in [-0.1, -0.05) is 11.6 Å². The third kappa shape index (κ3) is 2.60. The summed E-state index contributed by atoms with van der Waals surface area (Å²) in [6.07, 6.45) is -0.399. The lowest BCUT2D eigenvalue weighted by atomic mass is 10.1. The first-order valence-electron chi connectivity index (χ1n) is 4.15. The number of hydrogen-bond donors (Lipinski definition) is 3. The SMILES string of the molecule is Cc1cc(C(O)C(O)CS)cnc1Cl. The van der Waals surface area contributed by atoms with Crippen LogP contribution in [0.25, 0.3) is 0 Å². The van der Waals surface area contributed by atoms with Crippen LogP contribution in [-0.2, 0) is 0 Å². The maximum atomic E-state index is 9.62. The van der Waals surface area contributed by atoms with E-state index in [-0.39, 0.29) is 5.75 Å². The molecule has 1 aromatic rings. The van der Waals surface area contributed by atoms with Crippen LogP contribution >= 0.6 is 24.2 Å². The van der Waals surface area contributed by atoms with Crippen molar-refractivity contribution in [3.63, 3.8) is 0 Å². The van der Waals surface area contributed by atoms with Crippen LogP contribution in [0, 0.1) is 6.92 Å². The lowest BCUT2D eigenvalue weighted by Crippen LogP contribution is -2.20. The molecule has 1 heterocycles. The fourth-order valence-corrected chi connectivity index (χ4v) is 1.37. The number of halogens is 1. The van der Waals surface area contributed by atoms with Gasteiger partial charge in [-0.25, -0.2) is 4.98 Å². The molecule has 0 aliphatic rings. The molecule has 0 aromatic carbocycles. The topological polar surface area (TPSA) is 53.4 Å². The molecule has 2 N–H and O–H groups in total. The predicted molar refractivity (Wildman–Crippen MR) is 58.8 cm³/mol. The van der Waals surface area contributed by atoms with Gasteiger partial charge in [-0.05, 0) is 18.6 Å². The molecule has 0 spiro atoms. The van der Waals surface area contributed by atoms with Crippen molar-refractivity contribution in [2.24, 2.45) is 0 Å². The van der Waals surface area contributed by atoms with Gasteiger partial charge in [-0.3, -0.25) is 0 Å². The van der Waals surface area contributed by atoms with Gasteiger partial charge in [-0.2, -0.15) is 12.6 Å². The average molecular weight is 234 g/mol. The van der Waals surface area contributed by atoms with Gasteiger partial charge in [0.15, 0.2) is 0 Å². The van der Waals surface area contributed by atoms with Crippen molar-refractivity contribution in [1.82, 2.24) is 4.98 Å². The van der Waals surface area contributed by atoms with Crippen molar-refractivity contribution in [3.05, 3.63) is 28.5 Å². The molecule has 0 saturated heterocycles. The quantitative estimate of drug-likeness (QED) is 0.546. The second kappa shape index (κ2) is 4.98. The van der Waals surface area contributed by atoms with Crippen LogP contribution in [0.2, 0.25) is 5.15 Å². The fraction of sp³-hybridized carbons (Fsp3) is 0.444. The second-order valence-corrected chi connectivity index (χ2v) is 3.79. The Morgan fingerprint density at radius 2 is 2.21 bits per heavy atom. The number of hydrogen-bond acceptors (Lipinski definition) is 4. The zero-order valence-corrected chi connectivity index (χ0v) is 9.33. The molecule has 0 amide bonds. The zero-order valence-electron chi connectivity index (χ0n) is 7.68. The molecule has 0 aliphatic carbocycles. The smallest absolute Gasteiger partial charge is 0.131 e. The highest BCUT2D eigenvalue weighted by Gasteiger charge is 2.17. The summed E-state index contributed by atoms with van der Waals surface area (Å²) in [5.41, 5.74) is 1.32. The summed E-state index contributed by atoms with van der Waals surface area (Å²) < 4.78 is 0. The normalized spacial score (nSPS) is 15.2. The summed E-state index contributed by atoms with van der Waals surface area (Å²) in [6.45, 7) is 1.79. The van der Waals surface area contributed by atoms with Crippen LogP contribution in [0.3, 0.4) is 0 Å². The Hall–Kier alpha value is -0.290. The van der Waals surface area contributed by atoms with Gasteiger partial charge < -0.3 is 10.2 Å². The van der Waals surface area contributed by atoms with Gasteiger partial charge >= 0.3 is 0 Å². The number of aliphatic hydroxyl groups excluding tert-OH is 2. The Morgan fingerprint density at radius 3 is 2.71 bits per heavy atom. The minimum Gasteiger partial charge on any atom is -0.389 e. The van der Waals surface area contributed by atoms with Gasteiger partial charge in [-0.15, -0.1) is 0 Å². The third-order valence-corrected chi connectivity index (χ3v) is 2.70. The molecule has 0 fully saturated rings. The van der Waals surface area contributed by atoms with Gasteiger partial charge in [0.25, 0.3) is 0 Å². The van der Waals surface area contributed by atoms with Crippen molar-refractivity contribution in [1.29, 1.82) is 0 Å². The summed E-state index contributed by atoms with van der Waals surface area (Å²) in [5.74, 6) is 0.197. The van der Waals surface area contributed by atoms with Gasteiger partial charge in [0.05, 0.1) is 6.10 Å². The van der Waals surface area contributed by atoms with E-state index >= 15 is 0 Å². The fourth-order valence-electron chi connectivity index (χ4n) is 1.06. The average Bonchev–Trinajstić information content (AvgIpc) is 2.20. The van der Waals surface area contributed by atoms with Crippen molar-refractivity contribution < 1.29 is 10.2 Å². The van der Waals surface area contributed by atoms with Crippen LogP contribution in [0.5, 0.6) is 0 Å². The Kier molecular flexibility index (Phi) is 4.19. The highest BCUT2D eigenvalue weighted by atomic mass is 35.5. The van der Waals surface area contributed by atoms with Crippen LogP contribution in [0.1, 0.15) is 17.2 Å². The van der Waals surface area contributed by atoms with Crippen LogP contribution in [0.15, 0.2) is 12.3 Å².